The van der Waals surface area contributed by atoms with Crippen LogP contribution in [0.25, 0.3) is 0 Å². The summed E-state index contributed by atoms with van der Waals surface area (Å²) < 4.78 is 4.91. The molecule has 15 heavy (non-hydrogen) atoms. The lowest BCUT2D eigenvalue weighted by Gasteiger charge is -2.10. The number of rotatable bonds is 4. The van der Waals surface area contributed by atoms with Crippen molar-refractivity contribution in [3.8, 4) is 5.75 Å². The van der Waals surface area contributed by atoms with E-state index in [1.807, 2.05) is 19.1 Å². The van der Waals surface area contributed by atoms with Crippen molar-refractivity contribution in [3.05, 3.63) is 29.8 Å². The minimum absolute atomic E-state index is 0.144. The molecule has 0 heterocycles. The summed E-state index contributed by atoms with van der Waals surface area (Å²) in [5.41, 5.74) is 1.02. The maximum absolute atomic E-state index is 11.3. The van der Waals surface area contributed by atoms with Gasteiger partial charge >= 0.3 is 5.97 Å². The number of phenolic OH excluding ortho intramolecular Hbond substituents is 1. The van der Waals surface area contributed by atoms with Crippen LogP contribution in [0.2, 0.25) is 0 Å². The number of aromatic hydroxyl groups is 1. The van der Waals surface area contributed by atoms with Gasteiger partial charge in [0.15, 0.2) is 0 Å². The van der Waals surface area contributed by atoms with Crippen LogP contribution in [-0.4, -0.2) is 17.7 Å². The normalized spacial score (nSPS) is 12.1. The minimum Gasteiger partial charge on any atom is -0.508 e. The van der Waals surface area contributed by atoms with Gasteiger partial charge in [-0.3, -0.25) is 4.79 Å². The smallest absolute Gasteiger partial charge is 0.308 e. The van der Waals surface area contributed by atoms with Gasteiger partial charge in [0, 0.05) is 0 Å². The molecule has 0 spiro atoms. The zero-order valence-electron chi connectivity index (χ0n) is 9.06. The van der Waals surface area contributed by atoms with Crippen molar-refractivity contribution < 1.29 is 14.6 Å². The Morgan fingerprint density at radius 3 is 2.53 bits per heavy atom. The first kappa shape index (κ1) is 11.6. The maximum Gasteiger partial charge on any atom is 0.308 e. The van der Waals surface area contributed by atoms with Crippen LogP contribution in [0.4, 0.5) is 0 Å². The lowest BCUT2D eigenvalue weighted by molar-refractivity contribution is -0.147. The quantitative estimate of drug-likeness (QED) is 0.771. The van der Waals surface area contributed by atoms with Gasteiger partial charge in [-0.15, -0.1) is 0 Å². The second-order valence-corrected chi connectivity index (χ2v) is 3.52. The molecule has 0 unspecified atom stereocenters. The van der Waals surface area contributed by atoms with E-state index in [1.54, 1.807) is 19.1 Å². The molecule has 3 nitrogen and oxygen atoms in total. The zero-order chi connectivity index (χ0) is 11.3. The van der Waals surface area contributed by atoms with Crippen LogP contribution in [0.15, 0.2) is 24.3 Å². The Hall–Kier alpha value is -1.51. The molecule has 0 saturated carbocycles. The van der Waals surface area contributed by atoms with Crippen molar-refractivity contribution in [1.82, 2.24) is 0 Å². The molecule has 0 aliphatic carbocycles. The average molecular weight is 208 g/mol. The monoisotopic (exact) mass is 208 g/mol. The SMILES string of the molecule is CCOC(=O)[C@@H](C)Cc1ccc(O)cc1. The van der Waals surface area contributed by atoms with Crippen molar-refractivity contribution >= 4 is 5.97 Å². The van der Waals surface area contributed by atoms with E-state index in [2.05, 4.69) is 0 Å². The van der Waals surface area contributed by atoms with Crippen molar-refractivity contribution in [2.45, 2.75) is 20.3 Å². The van der Waals surface area contributed by atoms with E-state index in [9.17, 15) is 4.79 Å². The molecule has 1 N–H and O–H groups in total. The molecule has 0 bridgehead atoms. The molecule has 0 amide bonds. The number of carbonyl (C=O) groups excluding carboxylic acids is 1. The van der Waals surface area contributed by atoms with Crippen LogP contribution in [0.1, 0.15) is 19.4 Å². The number of hydrogen-bond acceptors (Lipinski definition) is 3. The summed E-state index contributed by atoms with van der Waals surface area (Å²) in [4.78, 5) is 11.3. The van der Waals surface area contributed by atoms with E-state index in [4.69, 9.17) is 9.84 Å². The highest BCUT2D eigenvalue weighted by molar-refractivity contribution is 5.72. The number of esters is 1. The van der Waals surface area contributed by atoms with E-state index >= 15 is 0 Å². The first-order chi connectivity index (χ1) is 7.13. The van der Waals surface area contributed by atoms with Crippen molar-refractivity contribution in [1.29, 1.82) is 0 Å². The van der Waals surface area contributed by atoms with Crippen molar-refractivity contribution in [2.24, 2.45) is 5.92 Å². The van der Waals surface area contributed by atoms with E-state index < -0.39 is 0 Å². The molecular formula is C12H16O3. The van der Waals surface area contributed by atoms with Gasteiger partial charge in [0.25, 0.3) is 0 Å². The van der Waals surface area contributed by atoms with Gasteiger partial charge in [-0.05, 0) is 31.0 Å². The molecule has 0 saturated heterocycles. The van der Waals surface area contributed by atoms with E-state index in [0.29, 0.717) is 13.0 Å². The first-order valence-corrected chi connectivity index (χ1v) is 5.08. The molecule has 1 aromatic rings. The van der Waals surface area contributed by atoms with Crippen molar-refractivity contribution in [3.63, 3.8) is 0 Å². The predicted octanol–water partition coefficient (Wildman–Crippen LogP) is 2.13. The maximum atomic E-state index is 11.3. The van der Waals surface area contributed by atoms with Crippen LogP contribution in [0, 0.1) is 5.92 Å². The summed E-state index contributed by atoms with van der Waals surface area (Å²) >= 11 is 0. The minimum atomic E-state index is -0.175. The van der Waals surface area contributed by atoms with Gasteiger partial charge in [0.2, 0.25) is 0 Å². The molecule has 0 fully saturated rings. The fourth-order valence-corrected chi connectivity index (χ4v) is 1.35. The van der Waals surface area contributed by atoms with Crippen LogP contribution in [-0.2, 0) is 16.0 Å². The Morgan fingerprint density at radius 2 is 2.00 bits per heavy atom. The molecule has 1 atom stereocenters. The first-order valence-electron chi connectivity index (χ1n) is 5.08. The van der Waals surface area contributed by atoms with Gasteiger partial charge in [0.05, 0.1) is 12.5 Å². The van der Waals surface area contributed by atoms with E-state index in [0.717, 1.165) is 5.56 Å². The highest BCUT2D eigenvalue weighted by Gasteiger charge is 2.14. The Bertz CT molecular complexity index is 316. The molecule has 82 valence electrons. The van der Waals surface area contributed by atoms with E-state index in [-0.39, 0.29) is 17.6 Å². The summed E-state index contributed by atoms with van der Waals surface area (Å²) in [5, 5.41) is 9.09. The summed E-state index contributed by atoms with van der Waals surface area (Å²) in [6, 6.07) is 6.86. The Kier molecular flexibility index (Phi) is 4.16. The third-order valence-electron chi connectivity index (χ3n) is 2.17. The van der Waals surface area contributed by atoms with Crippen LogP contribution >= 0.6 is 0 Å². The molecule has 3 heteroatoms. The Balaban J connectivity index is 2.54. The van der Waals surface area contributed by atoms with E-state index in [1.165, 1.54) is 0 Å². The molecule has 0 radical (unpaired) electrons. The molecule has 1 aromatic carbocycles. The number of ether oxygens (including phenoxy) is 1. The second kappa shape index (κ2) is 5.39. The van der Waals surface area contributed by atoms with Gasteiger partial charge in [-0.1, -0.05) is 19.1 Å². The van der Waals surface area contributed by atoms with Gasteiger partial charge in [-0.2, -0.15) is 0 Å². The van der Waals surface area contributed by atoms with Gasteiger partial charge in [0.1, 0.15) is 5.75 Å². The molecule has 0 aliphatic heterocycles. The zero-order valence-corrected chi connectivity index (χ0v) is 9.06. The highest BCUT2D eigenvalue weighted by Crippen LogP contribution is 2.14. The number of carbonyl (C=O) groups is 1. The number of benzene rings is 1. The standard InChI is InChI=1S/C12H16O3/c1-3-15-12(14)9(2)8-10-4-6-11(13)7-5-10/h4-7,9,13H,3,8H2,1-2H3/t9-/m0/s1. The molecular weight excluding hydrogens is 192 g/mol. The summed E-state index contributed by atoms with van der Waals surface area (Å²) in [6.07, 6.45) is 0.638. The van der Waals surface area contributed by atoms with Gasteiger partial charge < -0.3 is 9.84 Å². The fraction of sp³-hybridized carbons (Fsp3) is 0.417. The Morgan fingerprint density at radius 1 is 1.40 bits per heavy atom. The summed E-state index contributed by atoms with van der Waals surface area (Å²) in [7, 11) is 0. The van der Waals surface area contributed by atoms with Crippen LogP contribution in [0.5, 0.6) is 5.75 Å². The number of hydrogen-bond donors (Lipinski definition) is 1. The second-order valence-electron chi connectivity index (χ2n) is 3.52. The van der Waals surface area contributed by atoms with Crippen LogP contribution < -0.4 is 0 Å². The molecule has 1 rings (SSSR count). The molecule has 0 aromatic heterocycles. The summed E-state index contributed by atoms with van der Waals surface area (Å²) in [6.45, 7) is 4.05. The molecule has 0 aliphatic rings. The third kappa shape index (κ3) is 3.62. The fourth-order valence-electron chi connectivity index (χ4n) is 1.35. The topological polar surface area (TPSA) is 46.5 Å². The van der Waals surface area contributed by atoms with Crippen molar-refractivity contribution in [2.75, 3.05) is 6.61 Å². The third-order valence-corrected chi connectivity index (χ3v) is 2.17. The lowest BCUT2D eigenvalue weighted by atomic mass is 10.0. The van der Waals surface area contributed by atoms with Gasteiger partial charge in [-0.25, -0.2) is 0 Å². The predicted molar refractivity (Wildman–Crippen MR) is 57.6 cm³/mol. The number of phenols is 1. The van der Waals surface area contributed by atoms with Crippen LogP contribution in [0.3, 0.4) is 0 Å². The average Bonchev–Trinajstić information content (AvgIpc) is 2.22. The Labute approximate surface area is 89.7 Å². The lowest BCUT2D eigenvalue weighted by Crippen LogP contribution is -2.16. The highest BCUT2D eigenvalue weighted by atomic mass is 16.5. The summed E-state index contributed by atoms with van der Waals surface area (Å²) in [5.74, 6) is -0.0809. The largest absolute Gasteiger partial charge is 0.508 e.